The Morgan fingerprint density at radius 2 is 2.06 bits per heavy atom. The zero-order chi connectivity index (χ0) is 10.5. The summed E-state index contributed by atoms with van der Waals surface area (Å²) in [4.78, 5) is 13.9. The van der Waals surface area contributed by atoms with E-state index in [4.69, 9.17) is 9.47 Å². The maximum Gasteiger partial charge on any atom is 0.242 e. The maximum absolute atomic E-state index is 12.0. The van der Waals surface area contributed by atoms with Crippen LogP contribution in [0.15, 0.2) is 0 Å². The highest BCUT2D eigenvalue weighted by molar-refractivity contribution is 5.85. The van der Waals surface area contributed by atoms with Crippen molar-refractivity contribution < 1.29 is 14.3 Å². The summed E-state index contributed by atoms with van der Waals surface area (Å²) >= 11 is 0. The number of ether oxygens (including phenoxy) is 2. The number of amides is 1. The molecule has 0 radical (unpaired) electrons. The van der Waals surface area contributed by atoms with E-state index < -0.39 is 0 Å². The fourth-order valence-corrected chi connectivity index (χ4v) is 1.91. The first kappa shape index (κ1) is 13.7. The second kappa shape index (κ2) is 7.06. The lowest BCUT2D eigenvalue weighted by Gasteiger charge is -2.28. The number of hydrogen-bond donors (Lipinski definition) is 1. The van der Waals surface area contributed by atoms with Crippen molar-refractivity contribution in [3.05, 3.63) is 0 Å². The molecule has 2 fully saturated rings. The Hall–Kier alpha value is -0.360. The summed E-state index contributed by atoms with van der Waals surface area (Å²) < 4.78 is 10.6. The second-order valence-corrected chi connectivity index (χ2v) is 3.87. The maximum atomic E-state index is 12.0. The molecule has 16 heavy (non-hydrogen) atoms. The average molecular weight is 251 g/mol. The van der Waals surface area contributed by atoms with Crippen molar-refractivity contribution in [2.24, 2.45) is 0 Å². The van der Waals surface area contributed by atoms with Gasteiger partial charge in [0.15, 0.2) is 0 Å². The standard InChI is InChI=1S/C10H18N2O3.ClH/c13-10(9-8-15-6-2-11-9)12-3-1-5-14-7-4-12;/h9,11H,1-8H2;1H. The average Bonchev–Trinajstić information content (AvgIpc) is 2.58. The molecule has 2 heterocycles. The summed E-state index contributed by atoms with van der Waals surface area (Å²) in [5.41, 5.74) is 0. The molecule has 94 valence electrons. The van der Waals surface area contributed by atoms with Crippen molar-refractivity contribution in [3.63, 3.8) is 0 Å². The first-order valence-corrected chi connectivity index (χ1v) is 5.55. The third-order valence-corrected chi connectivity index (χ3v) is 2.75. The van der Waals surface area contributed by atoms with Gasteiger partial charge in [0.05, 0.1) is 19.8 Å². The number of rotatable bonds is 1. The SMILES string of the molecule is Cl.O=C(C1COCCN1)N1CCCOCC1. The van der Waals surface area contributed by atoms with E-state index in [0.717, 1.165) is 26.1 Å². The van der Waals surface area contributed by atoms with Crippen LogP contribution in [0.4, 0.5) is 0 Å². The Kier molecular flexibility index (Phi) is 6.05. The molecule has 1 amide bonds. The van der Waals surface area contributed by atoms with Crippen molar-refractivity contribution in [2.75, 3.05) is 46.1 Å². The van der Waals surface area contributed by atoms with E-state index >= 15 is 0 Å². The van der Waals surface area contributed by atoms with E-state index in [-0.39, 0.29) is 24.4 Å². The van der Waals surface area contributed by atoms with Gasteiger partial charge in [-0.15, -0.1) is 12.4 Å². The van der Waals surface area contributed by atoms with E-state index in [9.17, 15) is 4.79 Å². The van der Waals surface area contributed by atoms with Crippen molar-refractivity contribution in [1.29, 1.82) is 0 Å². The first-order valence-electron chi connectivity index (χ1n) is 5.55. The molecule has 2 rings (SSSR count). The van der Waals surface area contributed by atoms with E-state index in [0.29, 0.717) is 26.4 Å². The number of carbonyl (C=O) groups is 1. The monoisotopic (exact) mass is 250 g/mol. The first-order chi connectivity index (χ1) is 7.38. The molecule has 0 saturated carbocycles. The van der Waals surface area contributed by atoms with Gasteiger partial charge in [0, 0.05) is 26.2 Å². The highest BCUT2D eigenvalue weighted by Crippen LogP contribution is 2.04. The van der Waals surface area contributed by atoms with E-state index in [1.54, 1.807) is 0 Å². The van der Waals surface area contributed by atoms with Gasteiger partial charge in [-0.05, 0) is 6.42 Å². The van der Waals surface area contributed by atoms with Gasteiger partial charge in [-0.2, -0.15) is 0 Å². The van der Waals surface area contributed by atoms with Crippen molar-refractivity contribution in [2.45, 2.75) is 12.5 Å². The molecule has 2 aliphatic heterocycles. The van der Waals surface area contributed by atoms with Crippen molar-refractivity contribution in [1.82, 2.24) is 10.2 Å². The fourth-order valence-electron chi connectivity index (χ4n) is 1.91. The number of morpholine rings is 1. The highest BCUT2D eigenvalue weighted by Gasteiger charge is 2.26. The lowest BCUT2D eigenvalue weighted by atomic mass is 10.2. The molecule has 0 bridgehead atoms. The van der Waals surface area contributed by atoms with Crippen LogP contribution in [0, 0.1) is 0 Å². The normalized spacial score (nSPS) is 26.8. The Morgan fingerprint density at radius 3 is 2.81 bits per heavy atom. The lowest BCUT2D eigenvalue weighted by Crippen LogP contribution is -2.53. The van der Waals surface area contributed by atoms with Crippen molar-refractivity contribution in [3.8, 4) is 0 Å². The van der Waals surface area contributed by atoms with Crippen LogP contribution in [0.2, 0.25) is 0 Å². The van der Waals surface area contributed by atoms with E-state index in [2.05, 4.69) is 5.32 Å². The number of nitrogens with one attached hydrogen (secondary N) is 1. The molecule has 2 saturated heterocycles. The van der Waals surface area contributed by atoms with Crippen LogP contribution in [0.3, 0.4) is 0 Å². The molecule has 6 heteroatoms. The van der Waals surface area contributed by atoms with Crippen LogP contribution in [0.25, 0.3) is 0 Å². The van der Waals surface area contributed by atoms with Gasteiger partial charge in [0.1, 0.15) is 6.04 Å². The molecule has 2 aliphatic rings. The number of carbonyl (C=O) groups excluding carboxylic acids is 1. The number of hydrogen-bond acceptors (Lipinski definition) is 4. The summed E-state index contributed by atoms with van der Waals surface area (Å²) in [7, 11) is 0. The lowest BCUT2D eigenvalue weighted by molar-refractivity contribution is -0.136. The molecule has 1 atom stereocenters. The minimum absolute atomic E-state index is 0. The van der Waals surface area contributed by atoms with Crippen LogP contribution in [0.5, 0.6) is 0 Å². The smallest absolute Gasteiger partial charge is 0.242 e. The molecule has 1 unspecified atom stereocenters. The van der Waals surface area contributed by atoms with Gasteiger partial charge in [0.2, 0.25) is 5.91 Å². The van der Waals surface area contributed by atoms with Crippen molar-refractivity contribution >= 4 is 18.3 Å². The predicted octanol–water partition coefficient (Wildman–Crippen LogP) is -0.354. The van der Waals surface area contributed by atoms with Gasteiger partial charge in [-0.3, -0.25) is 4.79 Å². The molecule has 5 nitrogen and oxygen atoms in total. The number of nitrogens with zero attached hydrogens (tertiary/aromatic N) is 1. The molecular formula is C10H19ClN2O3. The molecule has 1 N–H and O–H groups in total. The Morgan fingerprint density at radius 1 is 1.19 bits per heavy atom. The van der Waals surface area contributed by atoms with E-state index in [1.807, 2.05) is 4.90 Å². The topological polar surface area (TPSA) is 50.8 Å². The zero-order valence-electron chi connectivity index (χ0n) is 9.31. The summed E-state index contributed by atoms with van der Waals surface area (Å²) in [5, 5.41) is 3.18. The minimum atomic E-state index is -0.156. The molecule has 0 aromatic heterocycles. The Balaban J connectivity index is 0.00000128. The van der Waals surface area contributed by atoms with Crippen LogP contribution >= 0.6 is 12.4 Å². The van der Waals surface area contributed by atoms with Gasteiger partial charge < -0.3 is 19.7 Å². The van der Waals surface area contributed by atoms with Gasteiger partial charge in [-0.25, -0.2) is 0 Å². The quantitative estimate of drug-likeness (QED) is 0.691. The fraction of sp³-hybridized carbons (Fsp3) is 0.900. The molecule has 0 aromatic rings. The van der Waals surface area contributed by atoms with Crippen LogP contribution in [-0.4, -0.2) is 62.9 Å². The van der Waals surface area contributed by atoms with Crippen LogP contribution in [-0.2, 0) is 14.3 Å². The summed E-state index contributed by atoms with van der Waals surface area (Å²) in [6.45, 7) is 4.88. The largest absolute Gasteiger partial charge is 0.380 e. The molecule has 0 aliphatic carbocycles. The third kappa shape index (κ3) is 3.59. The molecule has 0 spiro atoms. The Bertz CT molecular complexity index is 214. The predicted molar refractivity (Wildman–Crippen MR) is 61.9 cm³/mol. The second-order valence-electron chi connectivity index (χ2n) is 3.87. The van der Waals surface area contributed by atoms with Crippen LogP contribution in [0.1, 0.15) is 6.42 Å². The summed E-state index contributed by atoms with van der Waals surface area (Å²) in [6, 6.07) is -0.156. The Labute approximate surface area is 102 Å². The van der Waals surface area contributed by atoms with Gasteiger partial charge >= 0.3 is 0 Å². The van der Waals surface area contributed by atoms with E-state index in [1.165, 1.54) is 0 Å². The molecular weight excluding hydrogens is 232 g/mol. The highest BCUT2D eigenvalue weighted by atomic mass is 35.5. The number of halogens is 1. The van der Waals surface area contributed by atoms with Crippen LogP contribution < -0.4 is 5.32 Å². The summed E-state index contributed by atoms with van der Waals surface area (Å²) in [6.07, 6.45) is 0.930. The zero-order valence-corrected chi connectivity index (χ0v) is 10.1. The van der Waals surface area contributed by atoms with Gasteiger partial charge in [0.25, 0.3) is 0 Å². The van der Waals surface area contributed by atoms with Gasteiger partial charge in [-0.1, -0.05) is 0 Å². The third-order valence-electron chi connectivity index (χ3n) is 2.75. The minimum Gasteiger partial charge on any atom is -0.380 e. The molecule has 0 aromatic carbocycles. The summed E-state index contributed by atoms with van der Waals surface area (Å²) in [5.74, 6) is 0.153.